The van der Waals surface area contributed by atoms with E-state index in [0.717, 1.165) is 38.6 Å². The van der Waals surface area contributed by atoms with Gasteiger partial charge < -0.3 is 10.1 Å². The molecule has 5 nitrogen and oxygen atoms in total. The van der Waals surface area contributed by atoms with E-state index in [4.69, 9.17) is 4.74 Å². The third kappa shape index (κ3) is 3.15. The van der Waals surface area contributed by atoms with Gasteiger partial charge in [0.05, 0.1) is 12.7 Å². The van der Waals surface area contributed by atoms with Gasteiger partial charge in [0.1, 0.15) is 5.82 Å². The summed E-state index contributed by atoms with van der Waals surface area (Å²) in [5.74, 6) is 0.805. The molecule has 1 unspecified atom stereocenters. The minimum atomic E-state index is 0.246. The van der Waals surface area contributed by atoms with E-state index in [9.17, 15) is 0 Å². The maximum Gasteiger partial charge on any atom is 0.148 e. The molecule has 0 radical (unpaired) electrons. The minimum Gasteiger partial charge on any atom is -0.374 e. The first-order chi connectivity index (χ1) is 7.88. The number of ether oxygens (including phenoxy) is 1. The maximum atomic E-state index is 5.68. The third-order valence-corrected chi connectivity index (χ3v) is 2.75. The molecule has 1 N–H and O–H groups in total. The lowest BCUT2D eigenvalue weighted by Crippen LogP contribution is -2.45. The number of aromatic nitrogens is 2. The molecule has 1 aliphatic heterocycles. The fourth-order valence-corrected chi connectivity index (χ4v) is 1.81. The maximum absolute atomic E-state index is 5.68. The van der Waals surface area contributed by atoms with Crippen LogP contribution in [0.4, 0.5) is 5.82 Å². The fourth-order valence-electron chi connectivity index (χ4n) is 1.81. The van der Waals surface area contributed by atoms with E-state index in [-0.39, 0.29) is 6.10 Å². The van der Waals surface area contributed by atoms with Gasteiger partial charge in [0.25, 0.3) is 0 Å². The summed E-state index contributed by atoms with van der Waals surface area (Å²) < 4.78 is 5.68. The van der Waals surface area contributed by atoms with Gasteiger partial charge in [0.2, 0.25) is 0 Å². The molecular formula is C11H18N4O. The first-order valence-corrected chi connectivity index (χ1v) is 5.74. The molecule has 1 atom stereocenters. The molecule has 1 saturated heterocycles. The molecule has 0 bridgehead atoms. The lowest BCUT2D eigenvalue weighted by molar-refractivity contribution is -0.0192. The zero-order valence-electron chi connectivity index (χ0n) is 9.59. The van der Waals surface area contributed by atoms with Crippen LogP contribution in [0.2, 0.25) is 0 Å². The zero-order valence-corrected chi connectivity index (χ0v) is 9.59. The number of rotatable bonds is 4. The Bertz CT molecular complexity index is 306. The second-order valence-corrected chi connectivity index (χ2v) is 3.88. The topological polar surface area (TPSA) is 50.3 Å². The van der Waals surface area contributed by atoms with E-state index in [1.807, 2.05) is 12.1 Å². The summed E-state index contributed by atoms with van der Waals surface area (Å²) in [4.78, 5) is 2.40. The largest absolute Gasteiger partial charge is 0.374 e. The first kappa shape index (κ1) is 11.3. The molecule has 1 aliphatic rings. The average Bonchev–Trinajstić information content (AvgIpc) is 2.38. The van der Waals surface area contributed by atoms with E-state index in [1.54, 1.807) is 6.20 Å². The number of anilines is 1. The fraction of sp³-hybridized carbons (Fsp3) is 0.636. The van der Waals surface area contributed by atoms with Crippen molar-refractivity contribution < 1.29 is 4.74 Å². The predicted molar refractivity (Wildman–Crippen MR) is 62.4 cm³/mol. The first-order valence-electron chi connectivity index (χ1n) is 5.74. The Kier molecular flexibility index (Phi) is 4.07. The van der Waals surface area contributed by atoms with Crippen LogP contribution in [0.1, 0.15) is 6.92 Å². The molecule has 1 aromatic heterocycles. The van der Waals surface area contributed by atoms with E-state index in [1.165, 1.54) is 0 Å². The van der Waals surface area contributed by atoms with Crippen molar-refractivity contribution in [2.75, 3.05) is 38.1 Å². The quantitative estimate of drug-likeness (QED) is 0.809. The lowest BCUT2D eigenvalue weighted by atomic mass is 10.2. The number of hydrogen-bond acceptors (Lipinski definition) is 5. The number of nitrogens with zero attached hydrogens (tertiary/aromatic N) is 3. The predicted octanol–water partition coefficient (Wildman–Crippen LogP) is 0.609. The van der Waals surface area contributed by atoms with Crippen molar-refractivity contribution in [3.63, 3.8) is 0 Å². The molecule has 2 rings (SSSR count). The van der Waals surface area contributed by atoms with Gasteiger partial charge in [-0.2, -0.15) is 5.10 Å². The summed E-state index contributed by atoms with van der Waals surface area (Å²) in [6.07, 6.45) is 1.91. The molecule has 16 heavy (non-hydrogen) atoms. The minimum absolute atomic E-state index is 0.246. The highest BCUT2D eigenvalue weighted by Crippen LogP contribution is 2.06. The second kappa shape index (κ2) is 5.77. The molecule has 0 saturated carbocycles. The number of morpholine rings is 1. The summed E-state index contributed by atoms with van der Waals surface area (Å²) in [7, 11) is 0. The van der Waals surface area contributed by atoms with Crippen molar-refractivity contribution in [2.24, 2.45) is 0 Å². The van der Waals surface area contributed by atoms with Crippen molar-refractivity contribution >= 4 is 5.82 Å². The monoisotopic (exact) mass is 222 g/mol. The normalized spacial score (nSPS) is 21.9. The van der Waals surface area contributed by atoms with Gasteiger partial charge in [-0.25, -0.2) is 0 Å². The van der Waals surface area contributed by atoms with Gasteiger partial charge in [-0.1, -0.05) is 6.92 Å². The summed E-state index contributed by atoms with van der Waals surface area (Å²) >= 11 is 0. The molecule has 5 heteroatoms. The third-order valence-electron chi connectivity index (χ3n) is 2.75. The molecule has 0 aromatic carbocycles. The van der Waals surface area contributed by atoms with Crippen molar-refractivity contribution in [2.45, 2.75) is 13.0 Å². The lowest BCUT2D eigenvalue weighted by Gasteiger charge is -2.32. The van der Waals surface area contributed by atoms with Gasteiger partial charge in [-0.15, -0.1) is 5.10 Å². The molecule has 88 valence electrons. The number of hydrogen-bond donors (Lipinski definition) is 1. The Morgan fingerprint density at radius 2 is 2.56 bits per heavy atom. The smallest absolute Gasteiger partial charge is 0.148 e. The molecule has 0 aliphatic carbocycles. The molecule has 2 heterocycles. The van der Waals surface area contributed by atoms with E-state index >= 15 is 0 Å². The number of nitrogens with one attached hydrogen (secondary N) is 1. The van der Waals surface area contributed by atoms with Gasteiger partial charge in [-0.05, 0) is 18.7 Å². The van der Waals surface area contributed by atoms with Crippen molar-refractivity contribution in [1.29, 1.82) is 0 Å². The Morgan fingerprint density at radius 1 is 1.62 bits per heavy atom. The summed E-state index contributed by atoms with van der Waals surface area (Å²) in [6.45, 7) is 6.90. The van der Waals surface area contributed by atoms with Crippen LogP contribution in [0.25, 0.3) is 0 Å². The highest BCUT2D eigenvalue weighted by molar-refractivity contribution is 5.31. The van der Waals surface area contributed by atoms with E-state index in [2.05, 4.69) is 27.3 Å². The summed E-state index contributed by atoms with van der Waals surface area (Å²) in [6, 6.07) is 3.78. The van der Waals surface area contributed by atoms with Crippen LogP contribution in [0.5, 0.6) is 0 Å². The van der Waals surface area contributed by atoms with E-state index < -0.39 is 0 Å². The van der Waals surface area contributed by atoms with Gasteiger partial charge >= 0.3 is 0 Å². The molecule has 1 fully saturated rings. The SMILES string of the molecule is CCN1CCOC(CNc2cccnn2)C1. The van der Waals surface area contributed by atoms with E-state index in [0.29, 0.717) is 0 Å². The molecule has 0 amide bonds. The summed E-state index contributed by atoms with van der Waals surface area (Å²) in [5.41, 5.74) is 0. The molecule has 1 aromatic rings. The van der Waals surface area contributed by atoms with Gasteiger partial charge in [0, 0.05) is 25.8 Å². The average molecular weight is 222 g/mol. The summed E-state index contributed by atoms with van der Waals surface area (Å²) in [5, 5.41) is 11.0. The zero-order chi connectivity index (χ0) is 11.2. The van der Waals surface area contributed by atoms with Crippen LogP contribution in [0.3, 0.4) is 0 Å². The molecule has 0 spiro atoms. The molecular weight excluding hydrogens is 204 g/mol. The van der Waals surface area contributed by atoms with Crippen LogP contribution in [0, 0.1) is 0 Å². The van der Waals surface area contributed by atoms with Gasteiger partial charge in [0.15, 0.2) is 0 Å². The highest BCUT2D eigenvalue weighted by atomic mass is 16.5. The van der Waals surface area contributed by atoms with Crippen molar-refractivity contribution in [1.82, 2.24) is 15.1 Å². The highest BCUT2D eigenvalue weighted by Gasteiger charge is 2.18. The van der Waals surface area contributed by atoms with Gasteiger partial charge in [-0.3, -0.25) is 4.90 Å². The Hall–Kier alpha value is -1.20. The van der Waals surface area contributed by atoms with Crippen LogP contribution in [-0.2, 0) is 4.74 Å². The van der Waals surface area contributed by atoms with Crippen LogP contribution in [-0.4, -0.2) is 54.0 Å². The van der Waals surface area contributed by atoms with Crippen LogP contribution < -0.4 is 5.32 Å². The number of likely N-dealkylation sites (N-methyl/N-ethyl adjacent to an activating group) is 1. The Morgan fingerprint density at radius 3 is 3.31 bits per heavy atom. The van der Waals surface area contributed by atoms with Crippen LogP contribution >= 0.6 is 0 Å². The van der Waals surface area contributed by atoms with Crippen molar-refractivity contribution in [3.05, 3.63) is 18.3 Å². The van der Waals surface area contributed by atoms with Crippen LogP contribution in [0.15, 0.2) is 18.3 Å². The Balaban J connectivity index is 1.77. The Labute approximate surface area is 95.8 Å². The van der Waals surface area contributed by atoms with Crippen molar-refractivity contribution in [3.8, 4) is 0 Å². The standard InChI is InChI=1S/C11H18N4O/c1-2-15-6-7-16-10(9-15)8-12-11-4-3-5-13-14-11/h3-5,10H,2,6-9H2,1H3,(H,12,14). The second-order valence-electron chi connectivity index (χ2n) is 3.88.